The van der Waals surface area contributed by atoms with Crippen molar-refractivity contribution < 1.29 is 9.53 Å². The number of rotatable bonds is 7. The summed E-state index contributed by atoms with van der Waals surface area (Å²) in [6.07, 6.45) is 2.27. The van der Waals surface area contributed by atoms with Crippen LogP contribution in [0.2, 0.25) is 0 Å². The van der Waals surface area contributed by atoms with Gasteiger partial charge in [-0.1, -0.05) is 12.1 Å². The molecule has 1 saturated heterocycles. The molecular weight excluding hydrogens is 254 g/mol. The van der Waals surface area contributed by atoms with Crippen LogP contribution < -0.4 is 20.7 Å². The first-order valence-corrected chi connectivity index (χ1v) is 7.14. The van der Waals surface area contributed by atoms with E-state index in [9.17, 15) is 4.79 Å². The summed E-state index contributed by atoms with van der Waals surface area (Å²) in [5, 5.41) is 9.37. The topological polar surface area (TPSA) is 62.4 Å². The first-order chi connectivity index (χ1) is 9.79. The highest BCUT2D eigenvalue weighted by Crippen LogP contribution is 2.22. The smallest absolute Gasteiger partial charge is 0.239 e. The Balaban J connectivity index is 1.66. The van der Waals surface area contributed by atoms with Gasteiger partial charge in [-0.2, -0.15) is 0 Å². The number of hydrogen-bond donors (Lipinski definition) is 3. The molecule has 1 fully saturated rings. The Labute approximate surface area is 120 Å². The van der Waals surface area contributed by atoms with Crippen LogP contribution >= 0.6 is 0 Å². The lowest BCUT2D eigenvalue weighted by atomic mass is 10.1. The molecular formula is C15H23N3O2. The van der Waals surface area contributed by atoms with Gasteiger partial charge in [0, 0.05) is 6.54 Å². The van der Waals surface area contributed by atoms with E-state index in [1.165, 1.54) is 6.42 Å². The van der Waals surface area contributed by atoms with Crippen molar-refractivity contribution in [1.82, 2.24) is 10.6 Å². The van der Waals surface area contributed by atoms with Gasteiger partial charge >= 0.3 is 0 Å². The van der Waals surface area contributed by atoms with Gasteiger partial charge < -0.3 is 20.7 Å². The Kier molecular flexibility index (Phi) is 5.68. The molecule has 3 N–H and O–H groups in total. The van der Waals surface area contributed by atoms with Crippen LogP contribution in [0.1, 0.15) is 12.8 Å². The van der Waals surface area contributed by atoms with Crippen LogP contribution in [-0.4, -0.2) is 39.2 Å². The number of carbonyl (C=O) groups is 1. The van der Waals surface area contributed by atoms with Gasteiger partial charge in [-0.05, 0) is 44.0 Å². The second-order valence-corrected chi connectivity index (χ2v) is 5.05. The van der Waals surface area contributed by atoms with E-state index in [1.807, 2.05) is 24.3 Å². The van der Waals surface area contributed by atoms with E-state index in [4.69, 9.17) is 4.74 Å². The molecule has 1 unspecified atom stereocenters. The minimum Gasteiger partial charge on any atom is -0.495 e. The monoisotopic (exact) mass is 277 g/mol. The minimum absolute atomic E-state index is 0.0156. The number of para-hydroxylation sites is 2. The molecule has 20 heavy (non-hydrogen) atoms. The Morgan fingerprint density at radius 2 is 2.30 bits per heavy atom. The summed E-state index contributed by atoms with van der Waals surface area (Å²) in [7, 11) is 1.62. The van der Waals surface area contributed by atoms with Crippen LogP contribution in [0.4, 0.5) is 5.69 Å². The summed E-state index contributed by atoms with van der Waals surface area (Å²) in [5.74, 6) is 1.47. The molecule has 1 aliphatic rings. The van der Waals surface area contributed by atoms with Gasteiger partial charge in [0.1, 0.15) is 5.75 Å². The predicted molar refractivity (Wildman–Crippen MR) is 80.1 cm³/mol. The third-order valence-corrected chi connectivity index (χ3v) is 3.58. The molecule has 1 amide bonds. The Morgan fingerprint density at radius 1 is 1.45 bits per heavy atom. The summed E-state index contributed by atoms with van der Waals surface area (Å²) < 4.78 is 5.23. The number of nitrogens with one attached hydrogen (secondary N) is 3. The van der Waals surface area contributed by atoms with Crippen molar-refractivity contribution in [2.75, 3.05) is 38.6 Å². The zero-order valence-corrected chi connectivity index (χ0v) is 11.9. The Bertz CT molecular complexity index is 431. The van der Waals surface area contributed by atoms with Crippen molar-refractivity contribution in [1.29, 1.82) is 0 Å². The molecule has 0 radical (unpaired) electrons. The number of carbonyl (C=O) groups excluding carboxylic acids is 1. The summed E-state index contributed by atoms with van der Waals surface area (Å²) in [6, 6.07) is 7.58. The maximum atomic E-state index is 11.8. The van der Waals surface area contributed by atoms with Crippen molar-refractivity contribution >= 4 is 11.6 Å². The Hall–Kier alpha value is -1.75. The highest BCUT2D eigenvalue weighted by molar-refractivity contribution is 5.81. The molecule has 1 aromatic carbocycles. The third kappa shape index (κ3) is 4.42. The van der Waals surface area contributed by atoms with Crippen molar-refractivity contribution in [2.24, 2.45) is 5.92 Å². The number of hydrogen-bond acceptors (Lipinski definition) is 4. The van der Waals surface area contributed by atoms with Crippen LogP contribution in [-0.2, 0) is 4.79 Å². The van der Waals surface area contributed by atoms with Gasteiger partial charge in [0.05, 0.1) is 19.3 Å². The molecule has 2 rings (SSSR count). The van der Waals surface area contributed by atoms with Gasteiger partial charge in [0.25, 0.3) is 0 Å². The molecule has 0 aliphatic carbocycles. The minimum atomic E-state index is 0.0156. The average Bonchev–Trinajstić information content (AvgIpc) is 2.98. The molecule has 5 heteroatoms. The second-order valence-electron chi connectivity index (χ2n) is 5.05. The van der Waals surface area contributed by atoms with E-state index in [1.54, 1.807) is 7.11 Å². The van der Waals surface area contributed by atoms with Gasteiger partial charge in [-0.15, -0.1) is 0 Å². The summed E-state index contributed by atoms with van der Waals surface area (Å²) in [5.41, 5.74) is 0.838. The lowest BCUT2D eigenvalue weighted by Gasteiger charge is -2.12. The highest BCUT2D eigenvalue weighted by atomic mass is 16.5. The summed E-state index contributed by atoms with van der Waals surface area (Å²) >= 11 is 0. The maximum absolute atomic E-state index is 11.8. The SMILES string of the molecule is COc1ccccc1NCC(=O)NCCC1CCNC1. The molecule has 1 atom stereocenters. The van der Waals surface area contributed by atoms with E-state index in [0.29, 0.717) is 5.92 Å². The van der Waals surface area contributed by atoms with E-state index >= 15 is 0 Å². The fraction of sp³-hybridized carbons (Fsp3) is 0.533. The average molecular weight is 277 g/mol. The fourth-order valence-electron chi connectivity index (χ4n) is 2.41. The van der Waals surface area contributed by atoms with Crippen molar-refractivity contribution in [2.45, 2.75) is 12.8 Å². The fourth-order valence-corrected chi connectivity index (χ4v) is 2.41. The summed E-state index contributed by atoms with van der Waals surface area (Å²) in [6.45, 7) is 3.20. The van der Waals surface area contributed by atoms with Crippen LogP contribution in [0.5, 0.6) is 5.75 Å². The largest absolute Gasteiger partial charge is 0.495 e. The highest BCUT2D eigenvalue weighted by Gasteiger charge is 2.14. The number of amides is 1. The predicted octanol–water partition coefficient (Wildman–Crippen LogP) is 1.22. The van der Waals surface area contributed by atoms with Crippen molar-refractivity contribution in [3.05, 3.63) is 24.3 Å². The molecule has 110 valence electrons. The molecule has 0 aromatic heterocycles. The normalized spacial score (nSPS) is 17.8. The number of methoxy groups -OCH3 is 1. The molecule has 1 aromatic rings. The molecule has 5 nitrogen and oxygen atoms in total. The van der Waals surface area contributed by atoms with E-state index in [2.05, 4.69) is 16.0 Å². The van der Waals surface area contributed by atoms with Gasteiger partial charge in [0.15, 0.2) is 0 Å². The third-order valence-electron chi connectivity index (χ3n) is 3.58. The van der Waals surface area contributed by atoms with E-state index < -0.39 is 0 Å². The number of anilines is 1. The first kappa shape index (κ1) is 14.7. The standard InChI is InChI=1S/C15H23N3O2/c1-20-14-5-3-2-4-13(14)18-11-15(19)17-9-7-12-6-8-16-10-12/h2-5,12,16,18H,6-11H2,1H3,(H,17,19). The van der Waals surface area contributed by atoms with Gasteiger partial charge in [-0.3, -0.25) is 4.79 Å². The van der Waals surface area contributed by atoms with Crippen LogP contribution in [0.3, 0.4) is 0 Å². The number of ether oxygens (including phenoxy) is 1. The molecule has 0 bridgehead atoms. The van der Waals surface area contributed by atoms with Gasteiger partial charge in [-0.25, -0.2) is 0 Å². The number of benzene rings is 1. The van der Waals surface area contributed by atoms with E-state index in [0.717, 1.165) is 37.5 Å². The molecule has 0 saturated carbocycles. The lowest BCUT2D eigenvalue weighted by Crippen LogP contribution is -2.31. The second kappa shape index (κ2) is 7.75. The first-order valence-electron chi connectivity index (χ1n) is 7.14. The van der Waals surface area contributed by atoms with Crippen molar-refractivity contribution in [3.8, 4) is 5.75 Å². The van der Waals surface area contributed by atoms with Crippen LogP contribution in [0.15, 0.2) is 24.3 Å². The zero-order chi connectivity index (χ0) is 14.2. The quantitative estimate of drug-likeness (QED) is 0.701. The molecule has 0 spiro atoms. The van der Waals surface area contributed by atoms with Crippen LogP contribution in [0.25, 0.3) is 0 Å². The van der Waals surface area contributed by atoms with Crippen LogP contribution in [0, 0.1) is 5.92 Å². The molecule has 1 aliphatic heterocycles. The maximum Gasteiger partial charge on any atom is 0.239 e. The van der Waals surface area contributed by atoms with E-state index in [-0.39, 0.29) is 12.5 Å². The lowest BCUT2D eigenvalue weighted by molar-refractivity contribution is -0.119. The summed E-state index contributed by atoms with van der Waals surface area (Å²) in [4.78, 5) is 11.8. The zero-order valence-electron chi connectivity index (χ0n) is 11.9. The van der Waals surface area contributed by atoms with Gasteiger partial charge in [0.2, 0.25) is 5.91 Å². The molecule has 1 heterocycles. The Morgan fingerprint density at radius 3 is 3.05 bits per heavy atom. The van der Waals surface area contributed by atoms with Crippen molar-refractivity contribution in [3.63, 3.8) is 0 Å².